The Morgan fingerprint density at radius 1 is 1.23 bits per heavy atom. The molecule has 0 bridgehead atoms. The second kappa shape index (κ2) is 9.00. The average molecular weight is 446 g/mol. The van der Waals surface area contributed by atoms with E-state index in [1.54, 1.807) is 4.68 Å². The number of carbonyl (C=O) groups excluding carboxylic acids is 1. The van der Waals surface area contributed by atoms with Gasteiger partial charge < -0.3 is 10.2 Å². The Labute approximate surface area is 183 Å². The first-order chi connectivity index (χ1) is 14.8. The molecule has 31 heavy (non-hydrogen) atoms. The van der Waals surface area contributed by atoms with Crippen LogP contribution in [-0.2, 0) is 22.9 Å². The maximum absolute atomic E-state index is 12.6. The first-order valence-corrected chi connectivity index (χ1v) is 12.8. The fourth-order valence-electron chi connectivity index (χ4n) is 3.94. The number of sulfone groups is 1. The maximum Gasteiger partial charge on any atom is 0.320 e. The van der Waals surface area contributed by atoms with E-state index in [4.69, 9.17) is 0 Å². The highest BCUT2D eigenvalue weighted by atomic mass is 32.2. The second-order valence-corrected chi connectivity index (χ2v) is 10.9. The van der Waals surface area contributed by atoms with Gasteiger partial charge in [-0.1, -0.05) is 31.2 Å². The molecule has 1 aromatic carbocycles. The Kier molecular flexibility index (Phi) is 6.34. The molecule has 1 aliphatic heterocycles. The van der Waals surface area contributed by atoms with Crippen molar-refractivity contribution in [3.05, 3.63) is 47.2 Å². The molecule has 2 heterocycles. The minimum Gasteiger partial charge on any atom is -0.334 e. The van der Waals surface area contributed by atoms with Gasteiger partial charge in [-0.3, -0.25) is 5.32 Å². The van der Waals surface area contributed by atoms with Crippen LogP contribution in [0, 0.1) is 0 Å². The van der Waals surface area contributed by atoms with Crippen molar-refractivity contribution in [2.75, 3.05) is 30.4 Å². The summed E-state index contributed by atoms with van der Waals surface area (Å²) >= 11 is 0. The number of aromatic nitrogens is 2. The van der Waals surface area contributed by atoms with Crippen molar-refractivity contribution in [3.8, 4) is 0 Å². The molecule has 2 fully saturated rings. The number of nitrogens with zero attached hydrogens (tertiary/aromatic N) is 3. The summed E-state index contributed by atoms with van der Waals surface area (Å²) in [5, 5.41) is 10.4. The maximum atomic E-state index is 12.6. The third-order valence-electron chi connectivity index (χ3n) is 5.98. The summed E-state index contributed by atoms with van der Waals surface area (Å²) < 4.78 is 25.6. The number of benzene rings is 1. The van der Waals surface area contributed by atoms with Gasteiger partial charge in [0.1, 0.15) is 5.82 Å². The van der Waals surface area contributed by atoms with Gasteiger partial charge in [-0.15, -0.1) is 0 Å². The fraction of sp³-hybridized carbons (Fsp3) is 0.545. The van der Waals surface area contributed by atoms with Crippen LogP contribution in [0.25, 0.3) is 0 Å². The van der Waals surface area contributed by atoms with Crippen LogP contribution in [0.1, 0.15) is 55.0 Å². The molecule has 0 radical (unpaired) electrons. The third-order valence-corrected chi connectivity index (χ3v) is 7.73. The molecule has 168 valence electrons. The van der Waals surface area contributed by atoms with Crippen LogP contribution in [0.3, 0.4) is 0 Å². The average Bonchev–Trinajstić information content (AvgIpc) is 3.41. The van der Waals surface area contributed by atoms with E-state index in [9.17, 15) is 13.2 Å². The molecular formula is C22H31N5O3S. The smallest absolute Gasteiger partial charge is 0.320 e. The molecule has 4 rings (SSSR count). The number of anilines is 1. The van der Waals surface area contributed by atoms with E-state index in [0.717, 1.165) is 37.2 Å². The number of rotatable bonds is 8. The summed E-state index contributed by atoms with van der Waals surface area (Å²) in [5.41, 5.74) is 3.18. The van der Waals surface area contributed by atoms with Crippen LogP contribution in [0.5, 0.6) is 0 Å². The normalized spacial score (nSPS) is 20.2. The highest BCUT2D eigenvalue weighted by Gasteiger charge is 2.34. The lowest BCUT2D eigenvalue weighted by Crippen LogP contribution is -2.30. The third kappa shape index (κ3) is 5.65. The summed E-state index contributed by atoms with van der Waals surface area (Å²) in [6.45, 7) is 4.38. The number of nitrogens with one attached hydrogen (secondary N) is 2. The Balaban J connectivity index is 1.40. The van der Waals surface area contributed by atoms with Crippen molar-refractivity contribution in [1.82, 2.24) is 20.0 Å². The van der Waals surface area contributed by atoms with Gasteiger partial charge in [-0.2, -0.15) is 5.10 Å². The quantitative estimate of drug-likeness (QED) is 0.651. The standard InChI is InChI=1S/C22H31N5O3S/c1-3-26(2)14-17-6-4-5-16(11-17)13-23-22(28)24-21-12-20(18-7-8-18)25-27(21)19-9-10-31(29,30)15-19/h4-6,11-12,18-19H,3,7-10,13-15H2,1-2H3,(H2,23,24,28)/t19-/m1/s1. The van der Waals surface area contributed by atoms with Crippen LogP contribution in [0.15, 0.2) is 30.3 Å². The van der Waals surface area contributed by atoms with Gasteiger partial charge >= 0.3 is 6.03 Å². The largest absolute Gasteiger partial charge is 0.334 e. The van der Waals surface area contributed by atoms with Crippen molar-refractivity contribution in [3.63, 3.8) is 0 Å². The molecule has 1 saturated carbocycles. The lowest BCUT2D eigenvalue weighted by Gasteiger charge is -2.15. The molecule has 0 spiro atoms. The van der Waals surface area contributed by atoms with Crippen molar-refractivity contribution in [1.29, 1.82) is 0 Å². The lowest BCUT2D eigenvalue weighted by molar-refractivity contribution is 0.251. The van der Waals surface area contributed by atoms with E-state index in [0.29, 0.717) is 24.7 Å². The number of urea groups is 1. The molecule has 1 atom stereocenters. The predicted octanol–water partition coefficient (Wildman–Crippen LogP) is 2.89. The zero-order chi connectivity index (χ0) is 22.0. The van der Waals surface area contributed by atoms with E-state index in [-0.39, 0.29) is 23.6 Å². The van der Waals surface area contributed by atoms with Gasteiger partial charge in [0.05, 0.1) is 23.2 Å². The van der Waals surface area contributed by atoms with Crippen LogP contribution in [0.4, 0.5) is 10.6 Å². The van der Waals surface area contributed by atoms with Crippen LogP contribution >= 0.6 is 0 Å². The highest BCUT2D eigenvalue weighted by molar-refractivity contribution is 7.91. The van der Waals surface area contributed by atoms with E-state index < -0.39 is 9.84 Å². The molecule has 2 aromatic rings. The molecule has 9 heteroatoms. The molecule has 2 aliphatic rings. The second-order valence-electron chi connectivity index (χ2n) is 8.69. The first-order valence-electron chi connectivity index (χ1n) is 10.9. The Bertz CT molecular complexity index is 1050. The molecule has 2 N–H and O–H groups in total. The Morgan fingerprint density at radius 2 is 2.00 bits per heavy atom. The first kappa shape index (κ1) is 21.8. The fourth-order valence-corrected chi connectivity index (χ4v) is 5.63. The van der Waals surface area contributed by atoms with Crippen molar-refractivity contribution < 1.29 is 13.2 Å². The summed E-state index contributed by atoms with van der Waals surface area (Å²) in [7, 11) is -0.962. The van der Waals surface area contributed by atoms with Gasteiger partial charge in [-0.25, -0.2) is 17.9 Å². The van der Waals surface area contributed by atoms with E-state index in [2.05, 4.69) is 46.7 Å². The van der Waals surface area contributed by atoms with E-state index >= 15 is 0 Å². The van der Waals surface area contributed by atoms with Crippen molar-refractivity contribution in [2.45, 2.75) is 51.2 Å². The van der Waals surface area contributed by atoms with Crippen molar-refractivity contribution >= 4 is 21.7 Å². The molecule has 1 aliphatic carbocycles. The van der Waals surface area contributed by atoms with Gasteiger partial charge in [0.25, 0.3) is 0 Å². The van der Waals surface area contributed by atoms with E-state index in [1.807, 2.05) is 18.2 Å². The summed E-state index contributed by atoms with van der Waals surface area (Å²) in [5.74, 6) is 1.24. The molecule has 8 nitrogen and oxygen atoms in total. The summed E-state index contributed by atoms with van der Waals surface area (Å²) in [6.07, 6.45) is 2.72. The number of amides is 2. The van der Waals surface area contributed by atoms with Gasteiger partial charge in [0.2, 0.25) is 0 Å². The summed E-state index contributed by atoms with van der Waals surface area (Å²) in [4.78, 5) is 14.8. The van der Waals surface area contributed by atoms with Crippen LogP contribution < -0.4 is 10.6 Å². The minimum absolute atomic E-state index is 0.0775. The minimum atomic E-state index is -3.04. The van der Waals surface area contributed by atoms with Gasteiger partial charge in [0.15, 0.2) is 9.84 Å². The number of carbonyl (C=O) groups is 1. The Hall–Kier alpha value is -2.39. The van der Waals surface area contributed by atoms with Gasteiger partial charge in [0, 0.05) is 25.1 Å². The van der Waals surface area contributed by atoms with E-state index in [1.165, 1.54) is 5.56 Å². The summed E-state index contributed by atoms with van der Waals surface area (Å²) in [6, 6.07) is 9.54. The molecule has 1 aromatic heterocycles. The predicted molar refractivity (Wildman–Crippen MR) is 121 cm³/mol. The monoisotopic (exact) mass is 445 g/mol. The number of hydrogen-bond donors (Lipinski definition) is 2. The molecule has 1 saturated heterocycles. The van der Waals surface area contributed by atoms with Crippen molar-refractivity contribution in [2.24, 2.45) is 0 Å². The SMILES string of the molecule is CCN(C)Cc1cccc(CNC(=O)Nc2cc(C3CC3)nn2[C@@H]2CCS(=O)(=O)C2)c1. The zero-order valence-electron chi connectivity index (χ0n) is 18.2. The molecule has 2 amide bonds. The highest BCUT2D eigenvalue weighted by Crippen LogP contribution is 2.41. The zero-order valence-corrected chi connectivity index (χ0v) is 19.0. The topological polar surface area (TPSA) is 96.3 Å². The lowest BCUT2D eigenvalue weighted by atomic mass is 10.1. The van der Waals surface area contributed by atoms with Crippen LogP contribution in [0.2, 0.25) is 0 Å². The molecular weight excluding hydrogens is 414 g/mol. The number of hydrogen-bond acceptors (Lipinski definition) is 5. The Morgan fingerprint density at radius 3 is 2.68 bits per heavy atom. The molecule has 0 unspecified atom stereocenters. The van der Waals surface area contributed by atoms with Gasteiger partial charge in [-0.05, 0) is 44.0 Å². The van der Waals surface area contributed by atoms with Crippen LogP contribution in [-0.4, -0.2) is 54.2 Å².